The fourth-order valence-electron chi connectivity index (χ4n) is 2.08. The van der Waals surface area contributed by atoms with Gasteiger partial charge in [-0.15, -0.1) is 0 Å². The molecular formula is C17H28N2O2. The van der Waals surface area contributed by atoms with Crippen molar-refractivity contribution in [3.8, 4) is 5.75 Å². The number of carbonyl (C=O) groups excluding carboxylic acids is 1. The molecule has 0 aliphatic carbocycles. The maximum atomic E-state index is 10.6. The Balaban J connectivity index is 2.27. The van der Waals surface area contributed by atoms with E-state index in [0.717, 1.165) is 12.5 Å². The van der Waals surface area contributed by atoms with E-state index < -0.39 is 5.91 Å². The predicted octanol–water partition coefficient (Wildman–Crippen LogP) is 2.86. The first kappa shape index (κ1) is 17.5. The third-order valence-electron chi connectivity index (χ3n) is 3.38. The molecule has 0 bridgehead atoms. The van der Waals surface area contributed by atoms with Gasteiger partial charge < -0.3 is 15.8 Å². The van der Waals surface area contributed by atoms with Crippen LogP contribution < -0.4 is 15.8 Å². The third-order valence-corrected chi connectivity index (χ3v) is 3.38. The second-order valence-corrected chi connectivity index (χ2v) is 6.01. The number of hydrogen-bond donors (Lipinski definition) is 2. The second kappa shape index (κ2) is 9.40. The summed E-state index contributed by atoms with van der Waals surface area (Å²) in [5, 5.41) is 3.53. The Hall–Kier alpha value is -1.55. The molecule has 1 aromatic carbocycles. The summed E-state index contributed by atoms with van der Waals surface area (Å²) in [5.41, 5.74) is 6.24. The van der Waals surface area contributed by atoms with Gasteiger partial charge in [-0.25, -0.2) is 0 Å². The van der Waals surface area contributed by atoms with E-state index in [1.165, 1.54) is 24.8 Å². The van der Waals surface area contributed by atoms with E-state index in [2.05, 4.69) is 26.1 Å². The molecule has 0 saturated heterocycles. The number of hydrogen-bond acceptors (Lipinski definition) is 3. The highest BCUT2D eigenvalue weighted by atomic mass is 16.5. The third kappa shape index (κ3) is 8.35. The molecule has 0 saturated carbocycles. The van der Waals surface area contributed by atoms with Crippen LogP contribution in [0.5, 0.6) is 5.75 Å². The molecule has 0 aromatic heterocycles. The van der Waals surface area contributed by atoms with Crippen molar-refractivity contribution in [2.75, 3.05) is 6.61 Å². The van der Waals surface area contributed by atoms with E-state index in [0.29, 0.717) is 11.8 Å². The Bertz CT molecular complexity index is 415. The standard InChI is InChI=1S/C17H28N2O2/c1-13(2)5-4-6-14(3)19-11-15-7-9-16(10-8-15)21-12-17(18)20/h7-10,13-14,19H,4-6,11-12H2,1-3H3,(H2,18,20). The average molecular weight is 292 g/mol. The Morgan fingerprint density at radius 1 is 1.19 bits per heavy atom. The van der Waals surface area contributed by atoms with Crippen molar-refractivity contribution < 1.29 is 9.53 Å². The summed E-state index contributed by atoms with van der Waals surface area (Å²) < 4.78 is 5.23. The molecule has 0 radical (unpaired) electrons. The summed E-state index contributed by atoms with van der Waals surface area (Å²) in [6.07, 6.45) is 3.77. The van der Waals surface area contributed by atoms with Gasteiger partial charge in [-0.1, -0.05) is 38.8 Å². The molecule has 0 aliphatic rings. The minimum atomic E-state index is -0.462. The van der Waals surface area contributed by atoms with Crippen LogP contribution in [0.4, 0.5) is 0 Å². The van der Waals surface area contributed by atoms with Gasteiger partial charge in [-0.2, -0.15) is 0 Å². The average Bonchev–Trinajstić information content (AvgIpc) is 2.43. The predicted molar refractivity (Wildman–Crippen MR) is 86.1 cm³/mol. The highest BCUT2D eigenvalue weighted by Crippen LogP contribution is 2.13. The number of carbonyl (C=O) groups is 1. The van der Waals surface area contributed by atoms with Gasteiger partial charge in [0.25, 0.3) is 5.91 Å². The quantitative estimate of drug-likeness (QED) is 0.697. The number of nitrogens with one attached hydrogen (secondary N) is 1. The molecule has 1 atom stereocenters. The Kier molecular flexibility index (Phi) is 7.83. The molecule has 0 heterocycles. The van der Waals surface area contributed by atoms with Crippen LogP contribution in [0.1, 0.15) is 45.6 Å². The largest absolute Gasteiger partial charge is 0.484 e. The van der Waals surface area contributed by atoms with Crippen LogP contribution in [0.3, 0.4) is 0 Å². The topological polar surface area (TPSA) is 64.3 Å². The lowest BCUT2D eigenvalue weighted by molar-refractivity contribution is -0.119. The minimum Gasteiger partial charge on any atom is -0.484 e. The van der Waals surface area contributed by atoms with E-state index in [4.69, 9.17) is 10.5 Å². The SMILES string of the molecule is CC(C)CCCC(C)NCc1ccc(OCC(N)=O)cc1. The molecule has 1 aromatic rings. The summed E-state index contributed by atoms with van der Waals surface area (Å²) >= 11 is 0. The van der Waals surface area contributed by atoms with E-state index in [-0.39, 0.29) is 6.61 Å². The molecule has 21 heavy (non-hydrogen) atoms. The van der Waals surface area contributed by atoms with Gasteiger partial charge in [0, 0.05) is 12.6 Å². The lowest BCUT2D eigenvalue weighted by atomic mass is 10.0. The molecule has 4 nitrogen and oxygen atoms in total. The van der Waals surface area contributed by atoms with Gasteiger partial charge in [0.05, 0.1) is 0 Å². The monoisotopic (exact) mass is 292 g/mol. The first-order valence-electron chi connectivity index (χ1n) is 7.70. The zero-order valence-electron chi connectivity index (χ0n) is 13.4. The zero-order valence-corrected chi connectivity index (χ0v) is 13.4. The summed E-state index contributed by atoms with van der Waals surface area (Å²) in [7, 11) is 0. The van der Waals surface area contributed by atoms with E-state index in [1.54, 1.807) is 0 Å². The van der Waals surface area contributed by atoms with E-state index in [1.807, 2.05) is 24.3 Å². The van der Waals surface area contributed by atoms with Gasteiger partial charge in [0.2, 0.25) is 0 Å². The lowest BCUT2D eigenvalue weighted by Crippen LogP contribution is -2.25. The maximum Gasteiger partial charge on any atom is 0.255 e. The number of ether oxygens (including phenoxy) is 1. The molecule has 4 heteroatoms. The number of primary amides is 1. The fourth-order valence-corrected chi connectivity index (χ4v) is 2.08. The molecule has 118 valence electrons. The van der Waals surface area contributed by atoms with Crippen LogP contribution in [0, 0.1) is 5.92 Å². The molecule has 1 unspecified atom stereocenters. The number of benzene rings is 1. The second-order valence-electron chi connectivity index (χ2n) is 6.01. The van der Waals surface area contributed by atoms with Gasteiger partial charge in [0.1, 0.15) is 5.75 Å². The van der Waals surface area contributed by atoms with E-state index in [9.17, 15) is 4.79 Å². The first-order chi connectivity index (χ1) is 9.97. The van der Waals surface area contributed by atoms with Crippen molar-refractivity contribution in [3.63, 3.8) is 0 Å². The Morgan fingerprint density at radius 3 is 2.43 bits per heavy atom. The fraction of sp³-hybridized carbons (Fsp3) is 0.588. The first-order valence-corrected chi connectivity index (χ1v) is 7.70. The van der Waals surface area contributed by atoms with Gasteiger partial charge in [-0.3, -0.25) is 4.79 Å². The smallest absolute Gasteiger partial charge is 0.255 e. The summed E-state index contributed by atoms with van der Waals surface area (Å²) in [6, 6.07) is 8.26. The highest BCUT2D eigenvalue weighted by Gasteiger charge is 2.03. The van der Waals surface area contributed by atoms with Crippen molar-refractivity contribution in [1.82, 2.24) is 5.32 Å². The molecular weight excluding hydrogens is 264 g/mol. The van der Waals surface area contributed by atoms with Crippen LogP contribution in [-0.4, -0.2) is 18.6 Å². The van der Waals surface area contributed by atoms with Gasteiger partial charge >= 0.3 is 0 Å². The Labute approximate surface area is 128 Å². The lowest BCUT2D eigenvalue weighted by Gasteiger charge is -2.14. The van der Waals surface area contributed by atoms with Crippen LogP contribution in [0.2, 0.25) is 0 Å². The highest BCUT2D eigenvalue weighted by molar-refractivity contribution is 5.75. The minimum absolute atomic E-state index is 0.0789. The van der Waals surface area contributed by atoms with Crippen LogP contribution in [-0.2, 0) is 11.3 Å². The molecule has 0 fully saturated rings. The summed E-state index contributed by atoms with van der Waals surface area (Å²) in [6.45, 7) is 7.52. The summed E-state index contributed by atoms with van der Waals surface area (Å²) in [5.74, 6) is 0.989. The van der Waals surface area contributed by atoms with Crippen molar-refractivity contribution >= 4 is 5.91 Å². The number of rotatable bonds is 10. The molecule has 1 amide bonds. The van der Waals surface area contributed by atoms with Crippen LogP contribution in [0.15, 0.2) is 24.3 Å². The molecule has 0 aliphatic heterocycles. The normalized spacial score (nSPS) is 12.4. The van der Waals surface area contributed by atoms with Crippen molar-refractivity contribution in [2.45, 2.75) is 52.6 Å². The molecule has 0 spiro atoms. The van der Waals surface area contributed by atoms with E-state index >= 15 is 0 Å². The molecule has 3 N–H and O–H groups in total. The zero-order chi connectivity index (χ0) is 15.7. The van der Waals surface area contributed by atoms with Crippen LogP contribution in [0.25, 0.3) is 0 Å². The number of nitrogens with two attached hydrogens (primary N) is 1. The van der Waals surface area contributed by atoms with Gasteiger partial charge in [-0.05, 0) is 37.0 Å². The van der Waals surface area contributed by atoms with Gasteiger partial charge in [0.15, 0.2) is 6.61 Å². The summed E-state index contributed by atoms with van der Waals surface area (Å²) in [4.78, 5) is 10.6. The van der Waals surface area contributed by atoms with Crippen molar-refractivity contribution in [2.24, 2.45) is 11.7 Å². The van der Waals surface area contributed by atoms with Crippen molar-refractivity contribution in [3.05, 3.63) is 29.8 Å². The Morgan fingerprint density at radius 2 is 1.86 bits per heavy atom. The maximum absolute atomic E-state index is 10.6. The molecule has 1 rings (SSSR count). The van der Waals surface area contributed by atoms with Crippen LogP contribution >= 0.6 is 0 Å². The van der Waals surface area contributed by atoms with Crippen molar-refractivity contribution in [1.29, 1.82) is 0 Å². The number of amides is 1.